The third-order valence-corrected chi connectivity index (χ3v) is 3.88. The molecule has 0 aliphatic heterocycles. The highest BCUT2D eigenvalue weighted by Gasteiger charge is 2.17. The van der Waals surface area contributed by atoms with Gasteiger partial charge in [-0.2, -0.15) is 0 Å². The van der Waals surface area contributed by atoms with Crippen molar-refractivity contribution in [3.8, 4) is 0 Å². The first kappa shape index (κ1) is 20.2. The number of anilines is 2. The van der Waals surface area contributed by atoms with Gasteiger partial charge in [-0.15, -0.1) is 0 Å². The predicted octanol–water partition coefficient (Wildman–Crippen LogP) is 3.63. The Labute approximate surface area is 159 Å². The van der Waals surface area contributed by atoms with E-state index in [-0.39, 0.29) is 24.1 Å². The van der Waals surface area contributed by atoms with Crippen LogP contribution in [0.4, 0.5) is 11.4 Å². The van der Waals surface area contributed by atoms with Crippen molar-refractivity contribution in [2.24, 2.45) is 0 Å². The smallest absolute Gasteiger partial charge is 0.226 e. The van der Waals surface area contributed by atoms with Crippen LogP contribution in [-0.2, 0) is 14.4 Å². The van der Waals surface area contributed by atoms with Gasteiger partial charge >= 0.3 is 0 Å². The molecule has 0 aliphatic carbocycles. The van der Waals surface area contributed by atoms with Gasteiger partial charge < -0.3 is 16.0 Å². The Hall–Kier alpha value is -3.15. The molecule has 0 saturated heterocycles. The first-order valence-electron chi connectivity index (χ1n) is 8.99. The SMILES string of the molecule is CCCC(=O)Nc1cccc(NC(=O)CC(NC(C)=O)c2ccccc2)c1. The molecule has 6 heteroatoms. The Bertz CT molecular complexity index is 790. The number of nitrogens with one attached hydrogen (secondary N) is 3. The molecule has 6 nitrogen and oxygen atoms in total. The largest absolute Gasteiger partial charge is 0.349 e. The predicted molar refractivity (Wildman–Crippen MR) is 106 cm³/mol. The van der Waals surface area contributed by atoms with Gasteiger partial charge in [0.2, 0.25) is 17.7 Å². The van der Waals surface area contributed by atoms with Crippen LogP contribution in [0.3, 0.4) is 0 Å². The van der Waals surface area contributed by atoms with Gasteiger partial charge in [-0.1, -0.05) is 43.3 Å². The van der Waals surface area contributed by atoms with Crippen LogP contribution in [0.5, 0.6) is 0 Å². The monoisotopic (exact) mass is 367 g/mol. The zero-order chi connectivity index (χ0) is 19.6. The summed E-state index contributed by atoms with van der Waals surface area (Å²) < 4.78 is 0. The van der Waals surface area contributed by atoms with Crippen LogP contribution in [0.25, 0.3) is 0 Å². The van der Waals surface area contributed by atoms with Crippen molar-refractivity contribution in [2.75, 3.05) is 10.6 Å². The summed E-state index contributed by atoms with van der Waals surface area (Å²) in [4.78, 5) is 35.7. The third kappa shape index (κ3) is 6.93. The van der Waals surface area contributed by atoms with E-state index in [1.807, 2.05) is 37.3 Å². The van der Waals surface area contributed by atoms with E-state index in [1.54, 1.807) is 24.3 Å². The minimum Gasteiger partial charge on any atom is -0.349 e. The molecular weight excluding hydrogens is 342 g/mol. The Balaban J connectivity index is 2.02. The van der Waals surface area contributed by atoms with Gasteiger partial charge in [0.05, 0.1) is 12.5 Å². The van der Waals surface area contributed by atoms with Crippen molar-refractivity contribution < 1.29 is 14.4 Å². The molecule has 0 saturated carbocycles. The molecule has 0 aromatic heterocycles. The molecule has 1 atom stereocenters. The van der Waals surface area contributed by atoms with E-state index in [4.69, 9.17) is 0 Å². The number of rotatable bonds is 8. The van der Waals surface area contributed by atoms with Gasteiger partial charge in [0, 0.05) is 24.7 Å². The number of hydrogen-bond donors (Lipinski definition) is 3. The molecule has 0 bridgehead atoms. The van der Waals surface area contributed by atoms with E-state index in [0.717, 1.165) is 12.0 Å². The van der Waals surface area contributed by atoms with Crippen molar-refractivity contribution in [2.45, 2.75) is 39.2 Å². The van der Waals surface area contributed by atoms with Gasteiger partial charge in [-0.3, -0.25) is 14.4 Å². The summed E-state index contributed by atoms with van der Waals surface area (Å²) in [6.45, 7) is 3.37. The maximum absolute atomic E-state index is 12.5. The number of amides is 3. The van der Waals surface area contributed by atoms with Gasteiger partial charge in [0.25, 0.3) is 0 Å². The van der Waals surface area contributed by atoms with E-state index in [2.05, 4.69) is 16.0 Å². The summed E-state index contributed by atoms with van der Waals surface area (Å²) in [5.74, 6) is -0.484. The van der Waals surface area contributed by atoms with Crippen molar-refractivity contribution in [1.29, 1.82) is 0 Å². The normalized spacial score (nSPS) is 11.3. The minimum atomic E-state index is -0.406. The van der Waals surface area contributed by atoms with Crippen molar-refractivity contribution in [3.05, 3.63) is 60.2 Å². The first-order chi connectivity index (χ1) is 13.0. The van der Waals surface area contributed by atoms with Crippen LogP contribution >= 0.6 is 0 Å². The Morgan fingerprint density at radius 3 is 2.11 bits per heavy atom. The van der Waals surface area contributed by atoms with Gasteiger partial charge in [-0.25, -0.2) is 0 Å². The fraction of sp³-hybridized carbons (Fsp3) is 0.286. The van der Waals surface area contributed by atoms with E-state index in [0.29, 0.717) is 17.8 Å². The lowest BCUT2D eigenvalue weighted by atomic mass is 10.0. The maximum atomic E-state index is 12.5. The molecule has 142 valence electrons. The summed E-state index contributed by atoms with van der Waals surface area (Å²) in [5, 5.41) is 8.43. The average Bonchev–Trinajstić information content (AvgIpc) is 2.62. The number of hydrogen-bond acceptors (Lipinski definition) is 3. The first-order valence-corrected chi connectivity index (χ1v) is 8.99. The number of carbonyl (C=O) groups excluding carboxylic acids is 3. The van der Waals surface area contributed by atoms with Crippen LogP contribution in [0, 0.1) is 0 Å². The van der Waals surface area contributed by atoms with E-state index < -0.39 is 6.04 Å². The molecule has 0 aliphatic rings. The zero-order valence-corrected chi connectivity index (χ0v) is 15.6. The summed E-state index contributed by atoms with van der Waals surface area (Å²) in [5.41, 5.74) is 2.08. The number of benzene rings is 2. The third-order valence-electron chi connectivity index (χ3n) is 3.88. The molecule has 0 fully saturated rings. The van der Waals surface area contributed by atoms with Gasteiger partial charge in [0.15, 0.2) is 0 Å². The molecule has 2 aromatic carbocycles. The van der Waals surface area contributed by atoms with E-state index >= 15 is 0 Å². The quantitative estimate of drug-likeness (QED) is 0.666. The summed E-state index contributed by atoms with van der Waals surface area (Å²) >= 11 is 0. The van der Waals surface area contributed by atoms with Gasteiger partial charge in [0.1, 0.15) is 0 Å². The van der Waals surface area contributed by atoms with Crippen LogP contribution in [0.1, 0.15) is 44.7 Å². The van der Waals surface area contributed by atoms with Crippen LogP contribution in [0.2, 0.25) is 0 Å². The topological polar surface area (TPSA) is 87.3 Å². The Kier molecular flexibility index (Phi) is 7.55. The average molecular weight is 367 g/mol. The standard InChI is InChI=1S/C21H25N3O3/c1-3-8-20(26)23-17-11-7-12-18(13-17)24-21(27)14-19(22-15(2)25)16-9-5-4-6-10-16/h4-7,9-13,19H,3,8,14H2,1-2H3,(H,22,25)(H,23,26)(H,24,27). The molecule has 0 spiro atoms. The lowest BCUT2D eigenvalue weighted by Crippen LogP contribution is -2.29. The lowest BCUT2D eigenvalue weighted by molar-refractivity contribution is -0.120. The van der Waals surface area contributed by atoms with Crippen LogP contribution < -0.4 is 16.0 Å². The second-order valence-corrected chi connectivity index (χ2v) is 6.30. The van der Waals surface area contributed by atoms with Crippen molar-refractivity contribution in [3.63, 3.8) is 0 Å². The van der Waals surface area contributed by atoms with Crippen molar-refractivity contribution in [1.82, 2.24) is 5.32 Å². The van der Waals surface area contributed by atoms with E-state index in [1.165, 1.54) is 6.92 Å². The Morgan fingerprint density at radius 1 is 0.889 bits per heavy atom. The second-order valence-electron chi connectivity index (χ2n) is 6.30. The highest BCUT2D eigenvalue weighted by molar-refractivity contribution is 5.94. The Morgan fingerprint density at radius 2 is 1.52 bits per heavy atom. The fourth-order valence-corrected chi connectivity index (χ4v) is 2.71. The van der Waals surface area contributed by atoms with Crippen molar-refractivity contribution >= 4 is 29.1 Å². The highest BCUT2D eigenvalue weighted by Crippen LogP contribution is 2.19. The molecule has 27 heavy (non-hydrogen) atoms. The van der Waals surface area contributed by atoms with Gasteiger partial charge in [-0.05, 0) is 30.2 Å². The molecule has 3 amide bonds. The highest BCUT2D eigenvalue weighted by atomic mass is 16.2. The molecule has 0 radical (unpaired) electrons. The molecule has 2 aromatic rings. The second kappa shape index (κ2) is 10.1. The fourth-order valence-electron chi connectivity index (χ4n) is 2.71. The molecule has 2 rings (SSSR count). The summed E-state index contributed by atoms with van der Waals surface area (Å²) in [6.07, 6.45) is 1.33. The van der Waals surface area contributed by atoms with E-state index in [9.17, 15) is 14.4 Å². The molecule has 3 N–H and O–H groups in total. The minimum absolute atomic E-state index is 0.0595. The lowest BCUT2D eigenvalue weighted by Gasteiger charge is -2.18. The molecule has 1 unspecified atom stereocenters. The summed E-state index contributed by atoms with van der Waals surface area (Å²) in [6, 6.07) is 15.9. The number of carbonyl (C=O) groups is 3. The maximum Gasteiger partial charge on any atom is 0.226 e. The zero-order valence-electron chi connectivity index (χ0n) is 15.6. The van der Waals surface area contributed by atoms with Crippen LogP contribution in [-0.4, -0.2) is 17.7 Å². The molecular formula is C21H25N3O3. The molecule has 0 heterocycles. The van der Waals surface area contributed by atoms with Crippen LogP contribution in [0.15, 0.2) is 54.6 Å². The summed E-state index contributed by atoms with van der Waals surface area (Å²) in [7, 11) is 0.